The standard InChI is InChI=1S/C26H39ClN4O6S/c1-2-36-25(32)19-28-15-17-29(18-16-28)22-10-13-30(14-11-22)26(33)37-20-23-5-3-4-12-31(23)38(34,35)24-8-6-21(27)7-9-24/h6-9,22-23H,2-5,10-20H2,1H3/t23-/m1/s1. The van der Waals surface area contributed by atoms with E-state index in [4.69, 9.17) is 21.1 Å². The predicted molar refractivity (Wildman–Crippen MR) is 144 cm³/mol. The molecule has 0 spiro atoms. The lowest BCUT2D eigenvalue weighted by Gasteiger charge is -2.42. The minimum absolute atomic E-state index is 0.0496. The Balaban J connectivity index is 1.22. The van der Waals surface area contributed by atoms with Crippen molar-refractivity contribution < 1.29 is 27.5 Å². The number of rotatable bonds is 8. The number of benzene rings is 1. The van der Waals surface area contributed by atoms with Crippen LogP contribution in [0.2, 0.25) is 5.02 Å². The number of halogens is 1. The molecular formula is C26H39ClN4O6S. The topological polar surface area (TPSA) is 99.7 Å². The van der Waals surface area contributed by atoms with Crippen LogP contribution in [0, 0.1) is 0 Å². The maximum Gasteiger partial charge on any atom is 0.409 e. The number of sulfonamides is 1. The lowest BCUT2D eigenvalue weighted by Crippen LogP contribution is -2.54. The van der Waals surface area contributed by atoms with Crippen LogP contribution in [0.15, 0.2) is 29.2 Å². The second-order valence-corrected chi connectivity index (χ2v) is 12.5. The van der Waals surface area contributed by atoms with Crippen LogP contribution in [0.25, 0.3) is 0 Å². The van der Waals surface area contributed by atoms with E-state index in [2.05, 4.69) is 9.80 Å². The molecule has 0 aromatic heterocycles. The summed E-state index contributed by atoms with van der Waals surface area (Å²) in [5.74, 6) is -0.174. The van der Waals surface area contributed by atoms with E-state index in [1.54, 1.807) is 17.0 Å². The minimum Gasteiger partial charge on any atom is -0.465 e. The van der Waals surface area contributed by atoms with E-state index in [1.807, 2.05) is 6.92 Å². The van der Waals surface area contributed by atoms with Gasteiger partial charge in [0.2, 0.25) is 10.0 Å². The quantitative estimate of drug-likeness (QED) is 0.440. The van der Waals surface area contributed by atoms with E-state index >= 15 is 0 Å². The van der Waals surface area contributed by atoms with E-state index < -0.39 is 10.0 Å². The van der Waals surface area contributed by atoms with Gasteiger partial charge >= 0.3 is 12.1 Å². The fourth-order valence-electron chi connectivity index (χ4n) is 5.55. The smallest absolute Gasteiger partial charge is 0.409 e. The van der Waals surface area contributed by atoms with Crippen molar-refractivity contribution in [1.29, 1.82) is 0 Å². The average molecular weight is 571 g/mol. The number of carbonyl (C=O) groups excluding carboxylic acids is 2. The number of carbonyl (C=O) groups is 2. The van der Waals surface area contributed by atoms with E-state index in [-0.39, 0.29) is 29.6 Å². The van der Waals surface area contributed by atoms with Crippen molar-refractivity contribution in [2.45, 2.75) is 56.0 Å². The van der Waals surface area contributed by atoms with Gasteiger partial charge in [0, 0.05) is 56.9 Å². The molecule has 1 amide bonds. The summed E-state index contributed by atoms with van der Waals surface area (Å²) < 4.78 is 38.7. The monoisotopic (exact) mass is 570 g/mol. The van der Waals surface area contributed by atoms with Crippen molar-refractivity contribution in [3.63, 3.8) is 0 Å². The number of esters is 1. The Hall–Kier alpha value is -1.92. The number of hydrogen-bond donors (Lipinski definition) is 0. The van der Waals surface area contributed by atoms with Gasteiger partial charge in [-0.2, -0.15) is 4.31 Å². The Bertz CT molecular complexity index is 1040. The summed E-state index contributed by atoms with van der Waals surface area (Å²) in [6.07, 6.45) is 3.69. The molecule has 38 heavy (non-hydrogen) atoms. The van der Waals surface area contributed by atoms with E-state index in [0.29, 0.717) is 50.3 Å². The Kier molecular flexibility index (Phi) is 10.3. The second-order valence-electron chi connectivity index (χ2n) is 10.1. The normalized spacial score (nSPS) is 22.8. The third-order valence-electron chi connectivity index (χ3n) is 7.70. The molecule has 3 aliphatic heterocycles. The Morgan fingerprint density at radius 3 is 2.26 bits per heavy atom. The van der Waals surface area contributed by atoms with Gasteiger partial charge in [-0.3, -0.25) is 14.6 Å². The first-order valence-electron chi connectivity index (χ1n) is 13.6. The van der Waals surface area contributed by atoms with Crippen LogP contribution >= 0.6 is 11.6 Å². The van der Waals surface area contributed by atoms with Crippen molar-refractivity contribution in [2.75, 3.05) is 65.6 Å². The summed E-state index contributed by atoms with van der Waals surface area (Å²) in [7, 11) is -3.70. The van der Waals surface area contributed by atoms with Gasteiger partial charge < -0.3 is 14.4 Å². The van der Waals surface area contributed by atoms with Crippen molar-refractivity contribution in [3.05, 3.63) is 29.3 Å². The number of piperidine rings is 2. The summed E-state index contributed by atoms with van der Waals surface area (Å²) in [6.45, 7) is 7.70. The third kappa shape index (κ3) is 7.38. The molecule has 3 aliphatic rings. The summed E-state index contributed by atoms with van der Waals surface area (Å²) in [6, 6.07) is 6.19. The van der Waals surface area contributed by atoms with Crippen molar-refractivity contribution in [1.82, 2.24) is 19.0 Å². The molecule has 0 unspecified atom stereocenters. The maximum atomic E-state index is 13.2. The molecule has 3 heterocycles. The highest BCUT2D eigenvalue weighted by molar-refractivity contribution is 7.89. The molecule has 212 valence electrons. The van der Waals surface area contributed by atoms with Crippen LogP contribution in [0.5, 0.6) is 0 Å². The molecule has 4 rings (SSSR count). The molecule has 0 bridgehead atoms. The largest absolute Gasteiger partial charge is 0.465 e. The average Bonchev–Trinajstić information content (AvgIpc) is 2.93. The van der Waals surface area contributed by atoms with E-state index in [0.717, 1.165) is 51.9 Å². The zero-order valence-corrected chi connectivity index (χ0v) is 23.7. The zero-order valence-electron chi connectivity index (χ0n) is 22.1. The van der Waals surface area contributed by atoms with Crippen LogP contribution in [0.3, 0.4) is 0 Å². The van der Waals surface area contributed by atoms with Crippen LogP contribution in [-0.4, -0.2) is 117 Å². The second kappa shape index (κ2) is 13.4. The fraction of sp³-hybridized carbons (Fsp3) is 0.692. The van der Waals surface area contributed by atoms with Gasteiger partial charge in [0.25, 0.3) is 0 Å². The SMILES string of the molecule is CCOC(=O)CN1CCN(C2CCN(C(=O)OC[C@H]3CCCCN3S(=O)(=O)c3ccc(Cl)cc3)CC2)CC1. The lowest BCUT2D eigenvalue weighted by molar-refractivity contribution is -0.144. The Labute approximate surface area is 230 Å². The summed E-state index contributed by atoms with van der Waals surface area (Å²) in [4.78, 5) is 31.1. The van der Waals surface area contributed by atoms with Crippen molar-refractivity contribution in [3.8, 4) is 0 Å². The molecule has 1 atom stereocenters. The molecule has 0 saturated carbocycles. The number of nitrogens with zero attached hydrogens (tertiary/aromatic N) is 4. The lowest BCUT2D eigenvalue weighted by atomic mass is 10.0. The number of likely N-dealkylation sites (tertiary alicyclic amines) is 1. The first-order chi connectivity index (χ1) is 18.3. The van der Waals surface area contributed by atoms with E-state index in [9.17, 15) is 18.0 Å². The first kappa shape index (κ1) is 29.1. The molecule has 3 saturated heterocycles. The van der Waals surface area contributed by atoms with Crippen molar-refractivity contribution in [2.24, 2.45) is 0 Å². The summed E-state index contributed by atoms with van der Waals surface area (Å²) in [5, 5.41) is 0.480. The van der Waals surface area contributed by atoms with Crippen LogP contribution < -0.4 is 0 Å². The molecule has 3 fully saturated rings. The molecule has 0 radical (unpaired) electrons. The molecular weight excluding hydrogens is 532 g/mol. The van der Waals surface area contributed by atoms with Gasteiger partial charge in [-0.25, -0.2) is 13.2 Å². The van der Waals surface area contributed by atoms with Crippen LogP contribution in [0.4, 0.5) is 4.79 Å². The molecule has 0 aliphatic carbocycles. The van der Waals surface area contributed by atoms with Gasteiger partial charge in [0.15, 0.2) is 0 Å². The zero-order chi connectivity index (χ0) is 27.1. The van der Waals surface area contributed by atoms with Gasteiger partial charge in [0.1, 0.15) is 6.61 Å². The number of hydrogen-bond acceptors (Lipinski definition) is 8. The highest BCUT2D eigenvalue weighted by Gasteiger charge is 2.35. The third-order valence-corrected chi connectivity index (χ3v) is 9.91. The molecule has 1 aromatic rings. The predicted octanol–water partition coefficient (Wildman–Crippen LogP) is 2.66. The van der Waals surface area contributed by atoms with Gasteiger partial charge in [-0.15, -0.1) is 0 Å². The molecule has 10 nitrogen and oxygen atoms in total. The van der Waals surface area contributed by atoms with Gasteiger partial charge in [-0.1, -0.05) is 18.0 Å². The van der Waals surface area contributed by atoms with Crippen molar-refractivity contribution >= 4 is 33.7 Å². The highest BCUT2D eigenvalue weighted by atomic mass is 35.5. The maximum absolute atomic E-state index is 13.2. The molecule has 1 aromatic carbocycles. The van der Waals surface area contributed by atoms with E-state index in [1.165, 1.54) is 16.4 Å². The van der Waals surface area contributed by atoms with Gasteiger partial charge in [-0.05, 0) is 56.9 Å². The number of amides is 1. The molecule has 12 heteroatoms. The van der Waals surface area contributed by atoms with Crippen LogP contribution in [-0.2, 0) is 24.3 Å². The molecule has 0 N–H and O–H groups in total. The van der Waals surface area contributed by atoms with Crippen LogP contribution in [0.1, 0.15) is 39.0 Å². The number of piperazine rings is 1. The summed E-state index contributed by atoms with van der Waals surface area (Å²) in [5.41, 5.74) is 0. The minimum atomic E-state index is -3.70. The Morgan fingerprint density at radius 2 is 1.61 bits per heavy atom. The fourth-order valence-corrected chi connectivity index (χ4v) is 7.35. The Morgan fingerprint density at radius 1 is 0.921 bits per heavy atom. The summed E-state index contributed by atoms with van der Waals surface area (Å²) >= 11 is 5.93. The number of ether oxygens (including phenoxy) is 2. The van der Waals surface area contributed by atoms with Gasteiger partial charge in [0.05, 0.1) is 24.1 Å². The highest BCUT2D eigenvalue weighted by Crippen LogP contribution is 2.27. The first-order valence-corrected chi connectivity index (χ1v) is 15.4.